The number of phenolic OH excluding ortho intramolecular Hbond substituents is 1. The van der Waals surface area contributed by atoms with Gasteiger partial charge in [-0.25, -0.2) is 0 Å². The van der Waals surface area contributed by atoms with E-state index in [0.29, 0.717) is 22.2 Å². The number of rotatable bonds is 2. The number of carbonyl (C=O) groups is 1. The number of nitrogens with zero attached hydrogens (tertiary/aromatic N) is 3. The van der Waals surface area contributed by atoms with Gasteiger partial charge in [0.05, 0.1) is 22.2 Å². The summed E-state index contributed by atoms with van der Waals surface area (Å²) in [5.74, 6) is -0.244. The van der Waals surface area contributed by atoms with Crippen LogP contribution in [0.5, 0.6) is 5.75 Å². The van der Waals surface area contributed by atoms with E-state index >= 15 is 0 Å². The highest BCUT2D eigenvalue weighted by atomic mass is 16.3. The third-order valence-corrected chi connectivity index (χ3v) is 4.06. The Morgan fingerprint density at radius 2 is 2.08 bits per heavy atom. The zero-order chi connectivity index (χ0) is 17.6. The Bertz CT molecular complexity index is 1040. The van der Waals surface area contributed by atoms with Gasteiger partial charge in [0.15, 0.2) is 0 Å². The first-order chi connectivity index (χ1) is 11.4. The highest BCUT2D eigenvalue weighted by Gasteiger charge is 2.23. The molecule has 24 heavy (non-hydrogen) atoms. The number of amides is 1. The van der Waals surface area contributed by atoms with Gasteiger partial charge in [-0.2, -0.15) is 0 Å². The predicted octanol–water partition coefficient (Wildman–Crippen LogP) is 2.58. The topological polar surface area (TPSA) is 112 Å². The van der Waals surface area contributed by atoms with E-state index in [-0.39, 0.29) is 22.9 Å². The van der Waals surface area contributed by atoms with Crippen LogP contribution >= 0.6 is 0 Å². The number of benzene rings is 1. The lowest BCUT2D eigenvalue weighted by Gasteiger charge is -2.15. The summed E-state index contributed by atoms with van der Waals surface area (Å²) in [5.41, 5.74) is 14.5. The molecule has 0 aliphatic rings. The standard InChI is InChI=1S/C17H15N5O2/c1-8-4-5-12(23)9(2)15(8)22-11-6-13(20-3)21-7-10(11)14(16(22)18)17(19)24/h4-7,23H,18H2,1-2H3,(H2,19,24). The van der Waals surface area contributed by atoms with Crippen molar-refractivity contribution in [2.75, 3.05) is 5.73 Å². The number of primary amides is 1. The van der Waals surface area contributed by atoms with Crippen molar-refractivity contribution in [2.45, 2.75) is 13.8 Å². The number of hydrogen-bond donors (Lipinski definition) is 3. The van der Waals surface area contributed by atoms with Crippen molar-refractivity contribution in [2.24, 2.45) is 5.73 Å². The van der Waals surface area contributed by atoms with Crippen LogP contribution in [0.3, 0.4) is 0 Å². The maximum atomic E-state index is 11.9. The molecule has 0 spiro atoms. The van der Waals surface area contributed by atoms with Crippen molar-refractivity contribution < 1.29 is 9.90 Å². The summed E-state index contributed by atoms with van der Waals surface area (Å²) in [6.45, 7) is 10.8. The number of pyridine rings is 1. The van der Waals surface area contributed by atoms with Crippen LogP contribution < -0.4 is 11.5 Å². The van der Waals surface area contributed by atoms with Gasteiger partial charge in [-0.05, 0) is 31.5 Å². The van der Waals surface area contributed by atoms with Crippen molar-refractivity contribution in [1.82, 2.24) is 9.55 Å². The predicted molar refractivity (Wildman–Crippen MR) is 91.4 cm³/mol. The van der Waals surface area contributed by atoms with Gasteiger partial charge in [-0.15, -0.1) is 4.98 Å². The number of phenols is 1. The third-order valence-electron chi connectivity index (χ3n) is 4.06. The smallest absolute Gasteiger partial charge is 0.271 e. The molecule has 5 N–H and O–H groups in total. The maximum Gasteiger partial charge on any atom is 0.271 e. The molecule has 7 nitrogen and oxygen atoms in total. The second-order valence-corrected chi connectivity index (χ2v) is 5.51. The summed E-state index contributed by atoms with van der Waals surface area (Å²) in [7, 11) is 0. The van der Waals surface area contributed by atoms with Crippen LogP contribution in [0.15, 0.2) is 24.4 Å². The largest absolute Gasteiger partial charge is 0.508 e. The van der Waals surface area contributed by atoms with Crippen molar-refractivity contribution in [3.63, 3.8) is 0 Å². The van der Waals surface area contributed by atoms with Crippen molar-refractivity contribution in [1.29, 1.82) is 0 Å². The number of fused-ring (bicyclic) bond motifs is 1. The van der Waals surface area contributed by atoms with E-state index < -0.39 is 5.91 Å². The fourth-order valence-electron chi connectivity index (χ4n) is 2.92. The Labute approximate surface area is 138 Å². The lowest BCUT2D eigenvalue weighted by Crippen LogP contribution is -2.14. The second-order valence-electron chi connectivity index (χ2n) is 5.51. The molecule has 3 aromatic rings. The highest BCUT2D eigenvalue weighted by molar-refractivity contribution is 6.12. The van der Waals surface area contributed by atoms with Crippen LogP contribution in [-0.4, -0.2) is 20.6 Å². The summed E-state index contributed by atoms with van der Waals surface area (Å²) < 4.78 is 1.64. The van der Waals surface area contributed by atoms with E-state index in [1.54, 1.807) is 29.7 Å². The molecule has 1 aromatic carbocycles. The first-order valence-electron chi connectivity index (χ1n) is 7.13. The Balaban J connectivity index is 2.54. The van der Waals surface area contributed by atoms with Gasteiger partial charge in [0, 0.05) is 5.56 Å². The lowest BCUT2D eigenvalue weighted by molar-refractivity contribution is 0.100. The minimum absolute atomic E-state index is 0.108. The summed E-state index contributed by atoms with van der Waals surface area (Å²) in [5, 5.41) is 10.5. The molecule has 2 heterocycles. The number of anilines is 1. The molecular weight excluding hydrogens is 306 g/mol. The minimum atomic E-state index is -0.677. The summed E-state index contributed by atoms with van der Waals surface area (Å²) >= 11 is 0. The van der Waals surface area contributed by atoms with Crippen molar-refractivity contribution >= 4 is 28.4 Å². The van der Waals surface area contributed by atoms with Crippen molar-refractivity contribution in [3.8, 4) is 11.4 Å². The zero-order valence-electron chi connectivity index (χ0n) is 13.2. The lowest BCUT2D eigenvalue weighted by atomic mass is 10.1. The van der Waals surface area contributed by atoms with E-state index in [0.717, 1.165) is 5.56 Å². The average Bonchev–Trinajstić information content (AvgIpc) is 2.83. The minimum Gasteiger partial charge on any atom is -0.508 e. The van der Waals surface area contributed by atoms with Crippen LogP contribution in [0.1, 0.15) is 21.5 Å². The zero-order valence-corrected chi connectivity index (χ0v) is 13.2. The van der Waals surface area contributed by atoms with E-state index in [1.807, 2.05) is 6.92 Å². The molecule has 0 fully saturated rings. The van der Waals surface area contributed by atoms with E-state index in [4.69, 9.17) is 18.0 Å². The van der Waals surface area contributed by atoms with Crippen LogP contribution in [-0.2, 0) is 0 Å². The van der Waals surface area contributed by atoms with Gasteiger partial charge >= 0.3 is 0 Å². The number of nitrogen functional groups attached to an aromatic ring is 1. The van der Waals surface area contributed by atoms with Gasteiger partial charge < -0.3 is 21.4 Å². The maximum absolute atomic E-state index is 11.9. The first-order valence-corrected chi connectivity index (χ1v) is 7.13. The molecule has 0 bridgehead atoms. The number of aryl methyl sites for hydroxylation is 1. The molecular formula is C17H15N5O2. The summed E-state index contributed by atoms with van der Waals surface area (Å²) in [6.07, 6.45) is 1.42. The number of aromatic hydroxyl groups is 1. The van der Waals surface area contributed by atoms with Crippen molar-refractivity contribution in [3.05, 3.63) is 52.5 Å². The fourth-order valence-corrected chi connectivity index (χ4v) is 2.92. The molecule has 7 heteroatoms. The van der Waals surface area contributed by atoms with Gasteiger partial charge in [-0.3, -0.25) is 9.36 Å². The van der Waals surface area contributed by atoms with Crippen LogP contribution in [0.4, 0.5) is 11.6 Å². The Kier molecular flexibility index (Phi) is 3.38. The molecule has 1 amide bonds. The Hall–Kier alpha value is -3.53. The summed E-state index contributed by atoms with van der Waals surface area (Å²) in [4.78, 5) is 19.2. The molecule has 0 aliphatic heterocycles. The van der Waals surface area contributed by atoms with E-state index in [1.165, 1.54) is 6.20 Å². The van der Waals surface area contributed by atoms with Gasteiger partial charge in [-0.1, -0.05) is 12.6 Å². The fraction of sp³-hybridized carbons (Fsp3) is 0.118. The number of hydrogen-bond acceptors (Lipinski definition) is 4. The van der Waals surface area contributed by atoms with Crippen LogP contribution in [0.25, 0.3) is 21.4 Å². The van der Waals surface area contributed by atoms with E-state index in [2.05, 4.69) is 9.83 Å². The SMILES string of the molecule is [C-]#[N+]c1cc2c(cn1)c(C(N)=O)c(N)n2-c1c(C)ccc(O)c1C. The highest BCUT2D eigenvalue weighted by Crippen LogP contribution is 2.36. The summed E-state index contributed by atoms with van der Waals surface area (Å²) in [6, 6.07) is 4.90. The molecule has 0 saturated heterocycles. The molecule has 0 radical (unpaired) electrons. The monoisotopic (exact) mass is 321 g/mol. The van der Waals surface area contributed by atoms with Crippen LogP contribution in [0.2, 0.25) is 0 Å². The molecule has 0 unspecified atom stereocenters. The molecule has 120 valence electrons. The van der Waals surface area contributed by atoms with E-state index in [9.17, 15) is 9.90 Å². The number of aromatic nitrogens is 2. The number of carbonyl (C=O) groups excluding carboxylic acids is 1. The normalized spacial score (nSPS) is 10.7. The van der Waals surface area contributed by atoms with Gasteiger partial charge in [0.2, 0.25) is 0 Å². The van der Waals surface area contributed by atoms with Gasteiger partial charge in [0.1, 0.15) is 17.8 Å². The average molecular weight is 321 g/mol. The molecule has 3 rings (SSSR count). The Morgan fingerprint density at radius 1 is 1.38 bits per heavy atom. The quantitative estimate of drug-likeness (QED) is 0.630. The molecule has 0 aliphatic carbocycles. The first kappa shape index (κ1) is 15.4. The van der Waals surface area contributed by atoms with Gasteiger partial charge in [0.25, 0.3) is 11.7 Å². The Morgan fingerprint density at radius 3 is 2.71 bits per heavy atom. The van der Waals surface area contributed by atoms with Crippen LogP contribution in [0, 0.1) is 20.4 Å². The number of nitrogens with two attached hydrogens (primary N) is 2. The molecule has 0 atom stereocenters. The molecule has 2 aromatic heterocycles. The third kappa shape index (κ3) is 2.05. The molecule has 0 saturated carbocycles. The second kappa shape index (κ2) is 5.28.